The molecule has 0 aromatic carbocycles. The van der Waals surface area contributed by atoms with Crippen LogP contribution >= 0.6 is 0 Å². The van der Waals surface area contributed by atoms with Crippen molar-refractivity contribution in [3.63, 3.8) is 0 Å². The third-order valence-electron chi connectivity index (χ3n) is 8.25. The number of likely N-dealkylation sites (tertiary alicyclic amines) is 3. The molecule has 1 atom stereocenters. The minimum Gasteiger partial charge on any atom is -0.342 e. The first-order valence-corrected chi connectivity index (χ1v) is 12.3. The van der Waals surface area contributed by atoms with Crippen molar-refractivity contribution in [3.8, 4) is 0 Å². The molecule has 3 aliphatic rings. The Morgan fingerprint density at radius 2 is 1.93 bits per heavy atom. The summed E-state index contributed by atoms with van der Waals surface area (Å²) < 4.78 is 0. The summed E-state index contributed by atoms with van der Waals surface area (Å²) in [6, 6.07) is 4.84. The molecule has 3 fully saturated rings. The molecule has 0 saturated carbocycles. The van der Waals surface area contributed by atoms with Crippen LogP contribution in [0.4, 0.5) is 0 Å². The molecule has 4 heterocycles. The van der Waals surface area contributed by atoms with E-state index in [1.54, 1.807) is 0 Å². The van der Waals surface area contributed by atoms with Crippen molar-refractivity contribution in [3.05, 3.63) is 30.1 Å². The summed E-state index contributed by atoms with van der Waals surface area (Å²) in [6.07, 6.45) is 12.1. The van der Waals surface area contributed by atoms with E-state index >= 15 is 0 Å². The lowest BCUT2D eigenvalue weighted by Crippen LogP contribution is -2.51. The zero-order chi connectivity index (χ0) is 21.0. The van der Waals surface area contributed by atoms with Gasteiger partial charge in [0, 0.05) is 44.6 Å². The second kappa shape index (κ2) is 9.78. The maximum Gasteiger partial charge on any atom is 0.226 e. The molecule has 1 aromatic rings. The summed E-state index contributed by atoms with van der Waals surface area (Å²) in [5.41, 5.74) is 1.69. The number of aromatic nitrogens is 1. The van der Waals surface area contributed by atoms with Crippen LogP contribution in [0.3, 0.4) is 0 Å². The molecule has 5 nitrogen and oxygen atoms in total. The molecule has 0 unspecified atom stereocenters. The Labute approximate surface area is 182 Å². The standard InChI is InChI=1S/C25H40N4O/c1-3-25(4-2)11-16-29(20-25)24(30)22-8-6-13-28(19-22)23-9-14-27(15-10-23)18-21-7-5-12-26-17-21/h5,7,12,17,22-23H,3-4,6,8-11,13-16,18-20H2,1-2H3/t22-/m0/s1. The van der Waals surface area contributed by atoms with E-state index in [1.807, 2.05) is 18.5 Å². The average Bonchev–Trinajstić information content (AvgIpc) is 3.25. The molecule has 3 saturated heterocycles. The first-order valence-electron chi connectivity index (χ1n) is 12.3. The van der Waals surface area contributed by atoms with Gasteiger partial charge in [0.2, 0.25) is 5.91 Å². The van der Waals surface area contributed by atoms with Crippen molar-refractivity contribution in [2.24, 2.45) is 11.3 Å². The van der Waals surface area contributed by atoms with Crippen LogP contribution in [-0.4, -0.2) is 70.9 Å². The molecule has 166 valence electrons. The molecular formula is C25H40N4O. The first-order chi connectivity index (χ1) is 14.6. The number of carbonyl (C=O) groups excluding carboxylic acids is 1. The molecule has 30 heavy (non-hydrogen) atoms. The second-order valence-electron chi connectivity index (χ2n) is 9.92. The van der Waals surface area contributed by atoms with Gasteiger partial charge >= 0.3 is 0 Å². The Hall–Kier alpha value is -1.46. The number of amides is 1. The minimum absolute atomic E-state index is 0.219. The van der Waals surface area contributed by atoms with Crippen molar-refractivity contribution < 1.29 is 4.79 Å². The van der Waals surface area contributed by atoms with E-state index < -0.39 is 0 Å². The molecule has 0 N–H and O–H groups in total. The smallest absolute Gasteiger partial charge is 0.226 e. The Morgan fingerprint density at radius 3 is 2.60 bits per heavy atom. The van der Waals surface area contributed by atoms with Gasteiger partial charge < -0.3 is 4.90 Å². The Kier molecular flexibility index (Phi) is 7.09. The van der Waals surface area contributed by atoms with E-state index in [0.29, 0.717) is 17.4 Å². The lowest BCUT2D eigenvalue weighted by molar-refractivity contribution is -0.137. The van der Waals surface area contributed by atoms with Crippen LogP contribution in [-0.2, 0) is 11.3 Å². The van der Waals surface area contributed by atoms with Crippen molar-refractivity contribution >= 4 is 5.91 Å². The molecule has 5 heteroatoms. The predicted octanol–water partition coefficient (Wildman–Crippen LogP) is 3.80. The number of pyridine rings is 1. The number of hydrogen-bond donors (Lipinski definition) is 0. The number of piperidine rings is 2. The van der Waals surface area contributed by atoms with Gasteiger partial charge in [0.1, 0.15) is 0 Å². The highest BCUT2D eigenvalue weighted by Gasteiger charge is 2.40. The zero-order valence-electron chi connectivity index (χ0n) is 19.1. The van der Waals surface area contributed by atoms with Crippen molar-refractivity contribution in [2.45, 2.75) is 71.4 Å². The van der Waals surface area contributed by atoms with E-state index in [1.165, 1.54) is 50.6 Å². The van der Waals surface area contributed by atoms with Crippen LogP contribution in [0.15, 0.2) is 24.5 Å². The van der Waals surface area contributed by atoms with Crippen molar-refractivity contribution in [2.75, 3.05) is 39.3 Å². The third kappa shape index (κ3) is 4.88. The van der Waals surface area contributed by atoms with Crippen LogP contribution in [0.1, 0.15) is 64.4 Å². The summed E-state index contributed by atoms with van der Waals surface area (Å²) >= 11 is 0. The molecular weight excluding hydrogens is 372 g/mol. The summed E-state index contributed by atoms with van der Waals surface area (Å²) in [7, 11) is 0. The van der Waals surface area contributed by atoms with Gasteiger partial charge in [-0.1, -0.05) is 19.9 Å². The van der Waals surface area contributed by atoms with Crippen LogP contribution < -0.4 is 0 Å². The van der Waals surface area contributed by atoms with Gasteiger partial charge in [-0.3, -0.25) is 19.6 Å². The third-order valence-corrected chi connectivity index (χ3v) is 8.25. The maximum absolute atomic E-state index is 13.3. The number of hydrogen-bond acceptors (Lipinski definition) is 4. The van der Waals surface area contributed by atoms with Crippen LogP contribution in [0.2, 0.25) is 0 Å². The molecule has 0 bridgehead atoms. The summed E-state index contributed by atoms with van der Waals surface area (Å²) in [4.78, 5) is 24.9. The fourth-order valence-corrected chi connectivity index (χ4v) is 5.94. The van der Waals surface area contributed by atoms with Crippen LogP contribution in [0.5, 0.6) is 0 Å². The lowest BCUT2D eigenvalue weighted by Gasteiger charge is -2.42. The predicted molar refractivity (Wildman–Crippen MR) is 121 cm³/mol. The highest BCUT2D eigenvalue weighted by molar-refractivity contribution is 5.79. The topological polar surface area (TPSA) is 39.7 Å². The molecule has 3 aliphatic heterocycles. The SMILES string of the molecule is CCC1(CC)CCN(C(=O)[C@H]2CCCN(C3CCN(Cc4cccnc4)CC3)C2)C1. The Bertz CT molecular complexity index is 682. The van der Waals surface area contributed by atoms with E-state index in [2.05, 4.69) is 39.6 Å². The van der Waals surface area contributed by atoms with E-state index in [0.717, 1.165) is 45.7 Å². The molecule has 0 aliphatic carbocycles. The monoisotopic (exact) mass is 412 g/mol. The van der Waals surface area contributed by atoms with E-state index in [4.69, 9.17) is 0 Å². The zero-order valence-corrected chi connectivity index (χ0v) is 19.1. The summed E-state index contributed by atoms with van der Waals surface area (Å²) in [6.45, 7) is 12.0. The first kappa shape index (κ1) is 21.8. The summed E-state index contributed by atoms with van der Waals surface area (Å²) in [5, 5.41) is 0. The minimum atomic E-state index is 0.219. The van der Waals surface area contributed by atoms with Gasteiger partial charge in [-0.05, 0) is 81.6 Å². The number of nitrogens with zero attached hydrogens (tertiary/aromatic N) is 4. The second-order valence-corrected chi connectivity index (χ2v) is 9.92. The Balaban J connectivity index is 1.27. The lowest BCUT2D eigenvalue weighted by atomic mass is 9.82. The largest absolute Gasteiger partial charge is 0.342 e. The van der Waals surface area contributed by atoms with Gasteiger partial charge in [0.05, 0.1) is 5.92 Å². The average molecular weight is 413 g/mol. The summed E-state index contributed by atoms with van der Waals surface area (Å²) in [5.74, 6) is 0.661. The fraction of sp³-hybridized carbons (Fsp3) is 0.760. The van der Waals surface area contributed by atoms with Crippen molar-refractivity contribution in [1.29, 1.82) is 0 Å². The van der Waals surface area contributed by atoms with E-state index in [-0.39, 0.29) is 5.92 Å². The highest BCUT2D eigenvalue weighted by Crippen LogP contribution is 2.38. The Morgan fingerprint density at radius 1 is 1.13 bits per heavy atom. The van der Waals surface area contributed by atoms with Gasteiger partial charge in [-0.25, -0.2) is 0 Å². The van der Waals surface area contributed by atoms with Gasteiger partial charge in [-0.2, -0.15) is 0 Å². The van der Waals surface area contributed by atoms with Gasteiger partial charge in [-0.15, -0.1) is 0 Å². The maximum atomic E-state index is 13.3. The highest BCUT2D eigenvalue weighted by atomic mass is 16.2. The van der Waals surface area contributed by atoms with E-state index in [9.17, 15) is 4.79 Å². The van der Waals surface area contributed by atoms with Gasteiger partial charge in [0.25, 0.3) is 0 Å². The van der Waals surface area contributed by atoms with Crippen LogP contribution in [0, 0.1) is 11.3 Å². The molecule has 4 rings (SSSR count). The number of rotatable bonds is 6. The fourth-order valence-electron chi connectivity index (χ4n) is 5.94. The molecule has 0 spiro atoms. The molecule has 0 radical (unpaired) electrons. The normalized spacial score (nSPS) is 26.2. The van der Waals surface area contributed by atoms with Crippen molar-refractivity contribution in [1.82, 2.24) is 19.7 Å². The molecule has 1 amide bonds. The number of carbonyl (C=O) groups is 1. The van der Waals surface area contributed by atoms with Gasteiger partial charge in [0.15, 0.2) is 0 Å². The van der Waals surface area contributed by atoms with Crippen LogP contribution in [0.25, 0.3) is 0 Å². The molecule has 1 aromatic heterocycles. The quantitative estimate of drug-likeness (QED) is 0.713.